The summed E-state index contributed by atoms with van der Waals surface area (Å²) in [5, 5.41) is 9.95. The van der Waals surface area contributed by atoms with E-state index in [2.05, 4.69) is 4.98 Å². The first-order valence-corrected chi connectivity index (χ1v) is 9.85. The summed E-state index contributed by atoms with van der Waals surface area (Å²) < 4.78 is 31.1. The van der Waals surface area contributed by atoms with Crippen molar-refractivity contribution in [2.75, 3.05) is 21.2 Å². The van der Waals surface area contributed by atoms with Crippen molar-refractivity contribution in [2.45, 2.75) is 11.8 Å². The van der Waals surface area contributed by atoms with Crippen LogP contribution in [0.25, 0.3) is 22.2 Å². The largest absolute Gasteiger partial charge is 0.496 e. The molecule has 0 atom stereocenters. The van der Waals surface area contributed by atoms with Crippen molar-refractivity contribution in [3.05, 3.63) is 53.6 Å². The van der Waals surface area contributed by atoms with E-state index in [0.29, 0.717) is 11.2 Å². The van der Waals surface area contributed by atoms with Gasteiger partial charge >= 0.3 is 5.97 Å². The fraction of sp³-hybridized carbons (Fsp3) is 0.200. The van der Waals surface area contributed by atoms with Crippen molar-refractivity contribution in [1.29, 1.82) is 0 Å². The predicted molar refractivity (Wildman–Crippen MR) is 106 cm³/mol. The number of carbonyl (C=O) groups is 1. The van der Waals surface area contributed by atoms with E-state index in [1.165, 1.54) is 38.4 Å². The minimum Gasteiger partial charge on any atom is -0.496 e. The lowest BCUT2D eigenvalue weighted by atomic mass is 10.0. The molecule has 2 aromatic carbocycles. The number of pyridine rings is 1. The standard InChI is InChI=1S/C20H20N2O5S/c1-12-9-13(5-8-19(12)27-4)18-11-16(20(23)24)15-10-14(6-7-17(15)21-18)28(25,26)22(2)3/h5-11H,1-4H3,(H,23,24). The number of hydrogen-bond donors (Lipinski definition) is 1. The van der Waals surface area contributed by atoms with Crippen molar-refractivity contribution < 1.29 is 23.1 Å². The molecule has 1 heterocycles. The van der Waals surface area contributed by atoms with Crippen LogP contribution < -0.4 is 4.74 Å². The summed E-state index contributed by atoms with van der Waals surface area (Å²) in [7, 11) is 0.737. The molecule has 8 heteroatoms. The van der Waals surface area contributed by atoms with E-state index in [0.717, 1.165) is 21.2 Å². The van der Waals surface area contributed by atoms with E-state index < -0.39 is 16.0 Å². The number of aromatic carboxylic acids is 1. The molecule has 1 N–H and O–H groups in total. The molecule has 0 saturated carbocycles. The molecular weight excluding hydrogens is 380 g/mol. The number of aromatic nitrogens is 1. The molecule has 0 fully saturated rings. The van der Waals surface area contributed by atoms with Gasteiger partial charge in [-0.2, -0.15) is 0 Å². The van der Waals surface area contributed by atoms with Crippen LogP contribution in [-0.2, 0) is 10.0 Å². The van der Waals surface area contributed by atoms with E-state index in [-0.39, 0.29) is 15.8 Å². The SMILES string of the molecule is COc1ccc(-c2cc(C(=O)O)c3cc(S(=O)(=O)N(C)C)ccc3n2)cc1C. The van der Waals surface area contributed by atoms with Crippen LogP contribution in [0.2, 0.25) is 0 Å². The topological polar surface area (TPSA) is 96.8 Å². The highest BCUT2D eigenvalue weighted by atomic mass is 32.2. The van der Waals surface area contributed by atoms with E-state index in [1.54, 1.807) is 19.2 Å². The molecule has 28 heavy (non-hydrogen) atoms. The quantitative estimate of drug-likeness (QED) is 0.707. The first-order valence-electron chi connectivity index (χ1n) is 8.41. The first-order chi connectivity index (χ1) is 13.1. The zero-order valence-electron chi connectivity index (χ0n) is 15.9. The number of ether oxygens (including phenoxy) is 1. The third kappa shape index (κ3) is 3.44. The lowest BCUT2D eigenvalue weighted by Gasteiger charge is -2.13. The molecule has 0 spiro atoms. The van der Waals surface area contributed by atoms with Crippen LogP contribution in [0.5, 0.6) is 5.75 Å². The zero-order valence-corrected chi connectivity index (χ0v) is 16.7. The second kappa shape index (κ2) is 7.21. The highest BCUT2D eigenvalue weighted by Gasteiger charge is 2.20. The van der Waals surface area contributed by atoms with Gasteiger partial charge in [-0.25, -0.2) is 22.5 Å². The number of rotatable bonds is 5. The zero-order chi connectivity index (χ0) is 20.6. The maximum atomic E-state index is 12.4. The van der Waals surface area contributed by atoms with Gasteiger partial charge in [-0.3, -0.25) is 0 Å². The number of sulfonamides is 1. The van der Waals surface area contributed by atoms with Gasteiger partial charge in [0.2, 0.25) is 10.0 Å². The Labute approximate surface area is 163 Å². The fourth-order valence-corrected chi connectivity index (χ4v) is 3.87. The number of carboxylic acids is 1. The number of benzene rings is 2. The molecule has 0 aliphatic carbocycles. The average Bonchev–Trinajstić information content (AvgIpc) is 2.66. The molecule has 146 valence electrons. The minimum atomic E-state index is -3.69. The highest BCUT2D eigenvalue weighted by molar-refractivity contribution is 7.89. The summed E-state index contributed by atoms with van der Waals surface area (Å²) in [6, 6.07) is 11.2. The summed E-state index contributed by atoms with van der Waals surface area (Å²) in [4.78, 5) is 16.4. The normalized spacial score (nSPS) is 11.8. The Hall–Kier alpha value is -2.97. The summed E-state index contributed by atoms with van der Waals surface area (Å²) in [5.74, 6) is -0.431. The molecule has 0 amide bonds. The Bertz CT molecular complexity index is 1190. The molecule has 0 aliphatic heterocycles. The van der Waals surface area contributed by atoms with Crippen LogP contribution in [0, 0.1) is 6.92 Å². The molecule has 0 bridgehead atoms. The summed E-state index contributed by atoms with van der Waals surface area (Å²) >= 11 is 0. The number of hydrogen-bond acceptors (Lipinski definition) is 5. The molecule has 1 aromatic heterocycles. The van der Waals surface area contributed by atoms with Crippen LogP contribution in [0.1, 0.15) is 15.9 Å². The predicted octanol–water partition coefficient (Wildman–Crippen LogP) is 3.17. The van der Waals surface area contributed by atoms with Crippen molar-refractivity contribution in [3.63, 3.8) is 0 Å². The van der Waals surface area contributed by atoms with E-state index >= 15 is 0 Å². The first kappa shape index (κ1) is 19.8. The van der Waals surface area contributed by atoms with Gasteiger partial charge in [0.1, 0.15) is 5.75 Å². The van der Waals surface area contributed by atoms with Crippen molar-refractivity contribution in [3.8, 4) is 17.0 Å². The van der Waals surface area contributed by atoms with Crippen LogP contribution in [0.3, 0.4) is 0 Å². The number of aryl methyl sites for hydroxylation is 1. The Morgan fingerprint density at radius 1 is 1.11 bits per heavy atom. The van der Waals surface area contributed by atoms with Crippen molar-refractivity contribution >= 4 is 26.9 Å². The lowest BCUT2D eigenvalue weighted by molar-refractivity contribution is 0.0699. The van der Waals surface area contributed by atoms with Gasteiger partial charge in [-0.1, -0.05) is 0 Å². The van der Waals surface area contributed by atoms with Gasteiger partial charge in [0, 0.05) is 25.0 Å². The van der Waals surface area contributed by atoms with Crippen LogP contribution in [-0.4, -0.2) is 50.0 Å². The highest BCUT2D eigenvalue weighted by Crippen LogP contribution is 2.30. The second-order valence-corrected chi connectivity index (χ2v) is 8.66. The fourth-order valence-electron chi connectivity index (χ4n) is 2.94. The van der Waals surface area contributed by atoms with Gasteiger partial charge < -0.3 is 9.84 Å². The van der Waals surface area contributed by atoms with E-state index in [9.17, 15) is 18.3 Å². The monoisotopic (exact) mass is 400 g/mol. The molecule has 0 radical (unpaired) electrons. The Kier molecular flexibility index (Phi) is 5.10. The maximum Gasteiger partial charge on any atom is 0.336 e. The summed E-state index contributed by atoms with van der Waals surface area (Å²) in [6.07, 6.45) is 0. The molecule has 7 nitrogen and oxygen atoms in total. The van der Waals surface area contributed by atoms with Gasteiger partial charge in [-0.15, -0.1) is 0 Å². The van der Waals surface area contributed by atoms with Crippen LogP contribution >= 0.6 is 0 Å². The number of carboxylic acid groups (broad SMARTS) is 1. The second-order valence-electron chi connectivity index (χ2n) is 6.51. The summed E-state index contributed by atoms with van der Waals surface area (Å²) in [6.45, 7) is 1.89. The van der Waals surface area contributed by atoms with Crippen molar-refractivity contribution in [2.24, 2.45) is 0 Å². The molecule has 0 saturated heterocycles. The van der Waals surface area contributed by atoms with Crippen molar-refractivity contribution in [1.82, 2.24) is 9.29 Å². The third-order valence-electron chi connectivity index (χ3n) is 4.48. The summed E-state index contributed by atoms with van der Waals surface area (Å²) in [5.41, 5.74) is 2.52. The Balaban J connectivity index is 2.24. The van der Waals surface area contributed by atoms with Gasteiger partial charge in [0.25, 0.3) is 0 Å². The van der Waals surface area contributed by atoms with Crippen LogP contribution in [0.4, 0.5) is 0 Å². The number of nitrogens with zero attached hydrogens (tertiary/aromatic N) is 2. The molecule has 3 rings (SSSR count). The maximum absolute atomic E-state index is 12.4. The Morgan fingerprint density at radius 2 is 1.82 bits per heavy atom. The minimum absolute atomic E-state index is 0.00993. The molecular formula is C20H20N2O5S. The van der Waals surface area contributed by atoms with Gasteiger partial charge in [-0.05, 0) is 55.0 Å². The van der Waals surface area contributed by atoms with E-state index in [4.69, 9.17) is 4.74 Å². The third-order valence-corrected chi connectivity index (χ3v) is 6.29. The van der Waals surface area contributed by atoms with E-state index in [1.807, 2.05) is 13.0 Å². The smallest absolute Gasteiger partial charge is 0.336 e. The number of methoxy groups -OCH3 is 1. The number of fused-ring (bicyclic) bond motifs is 1. The van der Waals surface area contributed by atoms with Gasteiger partial charge in [0.05, 0.1) is 28.8 Å². The van der Waals surface area contributed by atoms with Gasteiger partial charge in [0.15, 0.2) is 0 Å². The lowest BCUT2D eigenvalue weighted by Crippen LogP contribution is -2.22. The molecule has 3 aromatic rings. The van der Waals surface area contributed by atoms with Crippen LogP contribution in [0.15, 0.2) is 47.4 Å². The molecule has 0 unspecified atom stereocenters. The molecule has 0 aliphatic rings. The Morgan fingerprint density at radius 3 is 2.39 bits per heavy atom. The average molecular weight is 400 g/mol.